The van der Waals surface area contributed by atoms with Gasteiger partial charge >= 0.3 is 0 Å². The molecule has 0 unspecified atom stereocenters. The van der Waals surface area contributed by atoms with Gasteiger partial charge in [0.25, 0.3) is 0 Å². The molecule has 1 aliphatic rings. The van der Waals surface area contributed by atoms with Gasteiger partial charge in [0.15, 0.2) is 0 Å². The fraction of sp³-hybridized carbons (Fsp3) is 0.444. The average molecular weight is 246 g/mol. The van der Waals surface area contributed by atoms with Gasteiger partial charge in [-0.2, -0.15) is 0 Å². The lowest BCUT2D eigenvalue weighted by Gasteiger charge is -2.11. The van der Waals surface area contributed by atoms with Crippen molar-refractivity contribution in [1.29, 1.82) is 0 Å². The van der Waals surface area contributed by atoms with Crippen molar-refractivity contribution in [2.45, 2.75) is 54.9 Å². The first kappa shape index (κ1) is 19.0. The van der Waals surface area contributed by atoms with Crippen LogP contribution < -0.4 is 0 Å². The van der Waals surface area contributed by atoms with Crippen LogP contribution in [0.5, 0.6) is 0 Å². The fourth-order valence-corrected chi connectivity index (χ4v) is 1.63. The molecule has 0 radical (unpaired) electrons. The van der Waals surface area contributed by atoms with Gasteiger partial charge in [-0.05, 0) is 30.9 Å². The van der Waals surface area contributed by atoms with Crippen molar-refractivity contribution in [3.63, 3.8) is 0 Å². The lowest BCUT2D eigenvalue weighted by molar-refractivity contribution is 0.977. The van der Waals surface area contributed by atoms with Gasteiger partial charge in [-0.25, -0.2) is 0 Å². The predicted octanol–water partition coefficient (Wildman–Crippen LogP) is 6.50. The molecule has 0 saturated heterocycles. The van der Waals surface area contributed by atoms with Crippen molar-refractivity contribution >= 4 is 5.57 Å². The number of hydrogen-bond donors (Lipinski definition) is 0. The Morgan fingerprint density at radius 3 is 1.78 bits per heavy atom. The van der Waals surface area contributed by atoms with Crippen LogP contribution in [-0.2, 0) is 0 Å². The average Bonchev–Trinajstić information content (AvgIpc) is 2.45. The van der Waals surface area contributed by atoms with Crippen LogP contribution in [0.15, 0.2) is 48.1 Å². The fourth-order valence-electron chi connectivity index (χ4n) is 1.63. The third-order valence-electron chi connectivity index (χ3n) is 2.50. The van der Waals surface area contributed by atoms with Crippen LogP contribution in [0.4, 0.5) is 0 Å². The summed E-state index contributed by atoms with van der Waals surface area (Å²) in [5, 5.41) is 0. The van der Waals surface area contributed by atoms with Crippen molar-refractivity contribution in [3.8, 4) is 0 Å². The van der Waals surface area contributed by atoms with E-state index in [1.54, 1.807) is 0 Å². The van der Waals surface area contributed by atoms with Crippen molar-refractivity contribution in [3.05, 3.63) is 53.6 Å². The highest BCUT2D eigenvalue weighted by Crippen LogP contribution is 2.25. The normalized spacial score (nSPS) is 12.5. The standard InChI is InChI=1S/C13H14.2C2H6.CH4/c1-11-7-9-13(10-8-11)12-5-3-2-4-6-12;2*1-2;/h2-7,9H,8,10H2,1H3;2*1-2H3;1H4. The van der Waals surface area contributed by atoms with Crippen molar-refractivity contribution in [2.24, 2.45) is 0 Å². The van der Waals surface area contributed by atoms with Crippen LogP contribution in [0.25, 0.3) is 5.57 Å². The Morgan fingerprint density at radius 2 is 1.33 bits per heavy atom. The van der Waals surface area contributed by atoms with Gasteiger partial charge < -0.3 is 0 Å². The minimum absolute atomic E-state index is 0. The highest BCUT2D eigenvalue weighted by Gasteiger charge is 2.04. The largest absolute Gasteiger partial charge is 0.0776 e. The van der Waals surface area contributed by atoms with E-state index < -0.39 is 0 Å². The van der Waals surface area contributed by atoms with Gasteiger partial charge in [-0.3, -0.25) is 0 Å². The van der Waals surface area contributed by atoms with Crippen LogP contribution in [0.3, 0.4) is 0 Å². The first-order valence-corrected chi connectivity index (χ1v) is 6.78. The smallest absolute Gasteiger partial charge is 0.0224 e. The summed E-state index contributed by atoms with van der Waals surface area (Å²) in [6, 6.07) is 10.6. The minimum Gasteiger partial charge on any atom is -0.0776 e. The maximum absolute atomic E-state index is 2.24. The van der Waals surface area contributed by atoms with E-state index in [0.717, 1.165) is 0 Å². The van der Waals surface area contributed by atoms with Gasteiger partial charge in [0, 0.05) is 0 Å². The van der Waals surface area contributed by atoms with Gasteiger partial charge in [0.2, 0.25) is 0 Å². The highest BCUT2D eigenvalue weighted by atomic mass is 14.1. The molecule has 0 amide bonds. The molecule has 0 nitrogen and oxygen atoms in total. The molecule has 0 bridgehead atoms. The molecule has 1 aromatic carbocycles. The van der Waals surface area contributed by atoms with E-state index in [0.29, 0.717) is 0 Å². The summed E-state index contributed by atoms with van der Waals surface area (Å²) in [5.74, 6) is 0. The Kier molecular flexibility index (Phi) is 12.9. The molecule has 1 aromatic rings. The summed E-state index contributed by atoms with van der Waals surface area (Å²) >= 11 is 0. The Morgan fingerprint density at radius 1 is 0.778 bits per heavy atom. The molecule has 0 heterocycles. The van der Waals surface area contributed by atoms with E-state index in [4.69, 9.17) is 0 Å². The molecular weight excluding hydrogens is 216 g/mol. The molecule has 0 aromatic heterocycles. The van der Waals surface area contributed by atoms with E-state index in [9.17, 15) is 0 Å². The molecule has 18 heavy (non-hydrogen) atoms. The molecule has 0 spiro atoms. The third kappa shape index (κ3) is 6.44. The monoisotopic (exact) mass is 246 g/mol. The maximum atomic E-state index is 2.24. The molecule has 0 saturated carbocycles. The van der Waals surface area contributed by atoms with E-state index in [2.05, 4.69) is 49.4 Å². The number of hydrogen-bond acceptors (Lipinski definition) is 0. The van der Waals surface area contributed by atoms with Crippen LogP contribution in [-0.4, -0.2) is 0 Å². The Hall–Kier alpha value is -1.30. The first-order chi connectivity index (χ1) is 8.36. The number of rotatable bonds is 1. The van der Waals surface area contributed by atoms with Crippen molar-refractivity contribution < 1.29 is 0 Å². The Balaban J connectivity index is 0. The van der Waals surface area contributed by atoms with Crippen molar-refractivity contribution in [1.82, 2.24) is 0 Å². The summed E-state index contributed by atoms with van der Waals surface area (Å²) in [4.78, 5) is 0. The van der Waals surface area contributed by atoms with E-state index in [1.165, 1.54) is 29.6 Å². The van der Waals surface area contributed by atoms with Crippen LogP contribution >= 0.6 is 0 Å². The van der Waals surface area contributed by atoms with Gasteiger partial charge in [-0.15, -0.1) is 0 Å². The molecule has 0 heteroatoms. The first-order valence-electron chi connectivity index (χ1n) is 6.78. The molecule has 2 rings (SSSR count). The second-order valence-corrected chi connectivity index (χ2v) is 3.57. The topological polar surface area (TPSA) is 0 Å². The lowest BCUT2D eigenvalue weighted by atomic mass is 9.94. The van der Waals surface area contributed by atoms with Gasteiger partial charge in [-0.1, -0.05) is 83.2 Å². The summed E-state index contributed by atoms with van der Waals surface area (Å²) in [5.41, 5.74) is 4.32. The summed E-state index contributed by atoms with van der Waals surface area (Å²) in [7, 11) is 0. The third-order valence-corrected chi connectivity index (χ3v) is 2.50. The molecule has 0 fully saturated rings. The second kappa shape index (κ2) is 12.2. The second-order valence-electron chi connectivity index (χ2n) is 3.57. The molecule has 0 N–H and O–H groups in total. The number of benzene rings is 1. The number of allylic oxidation sites excluding steroid dienone is 4. The summed E-state index contributed by atoms with van der Waals surface area (Å²) in [6.45, 7) is 10.2. The van der Waals surface area contributed by atoms with Crippen LogP contribution in [0.2, 0.25) is 0 Å². The zero-order chi connectivity index (χ0) is 13.1. The Labute approximate surface area is 114 Å². The zero-order valence-corrected chi connectivity index (χ0v) is 12.0. The molecule has 102 valence electrons. The van der Waals surface area contributed by atoms with Crippen LogP contribution in [0.1, 0.15) is 60.5 Å². The SMILES string of the molecule is C.CC.CC.CC1=CC=C(c2ccccc2)CC1. The zero-order valence-electron chi connectivity index (χ0n) is 12.0. The summed E-state index contributed by atoms with van der Waals surface area (Å²) < 4.78 is 0. The maximum Gasteiger partial charge on any atom is -0.0224 e. The van der Waals surface area contributed by atoms with E-state index in [1.807, 2.05) is 27.7 Å². The van der Waals surface area contributed by atoms with Gasteiger partial charge in [0.05, 0.1) is 0 Å². The minimum atomic E-state index is 0. The molecule has 1 aliphatic carbocycles. The quantitative estimate of drug-likeness (QED) is 0.530. The predicted molar refractivity (Wildman–Crippen MR) is 86.8 cm³/mol. The van der Waals surface area contributed by atoms with Gasteiger partial charge in [0.1, 0.15) is 0 Å². The molecule has 0 aliphatic heterocycles. The van der Waals surface area contributed by atoms with E-state index >= 15 is 0 Å². The Bertz CT molecular complexity index is 342. The van der Waals surface area contributed by atoms with Crippen LogP contribution in [0, 0.1) is 0 Å². The highest BCUT2D eigenvalue weighted by molar-refractivity contribution is 5.68. The lowest BCUT2D eigenvalue weighted by Crippen LogP contribution is -1.90. The summed E-state index contributed by atoms with van der Waals surface area (Å²) in [6.07, 6.45) is 6.87. The van der Waals surface area contributed by atoms with Crippen molar-refractivity contribution in [2.75, 3.05) is 0 Å². The molecular formula is C18H30. The molecule has 0 atom stereocenters. The van der Waals surface area contributed by atoms with E-state index in [-0.39, 0.29) is 7.43 Å².